The van der Waals surface area contributed by atoms with Gasteiger partial charge in [-0.1, -0.05) is 23.7 Å². The third kappa shape index (κ3) is 6.70. The van der Waals surface area contributed by atoms with E-state index < -0.39 is 0 Å². The van der Waals surface area contributed by atoms with Gasteiger partial charge in [0.15, 0.2) is 5.96 Å². The molecule has 1 amide bonds. The highest BCUT2D eigenvalue weighted by Gasteiger charge is 2.23. The molecule has 1 aromatic rings. The number of nitrogens with zero attached hydrogens (tertiary/aromatic N) is 2. The molecule has 1 fully saturated rings. The molecule has 1 atom stereocenters. The van der Waals surface area contributed by atoms with Gasteiger partial charge in [-0.3, -0.25) is 9.79 Å². The highest BCUT2D eigenvalue weighted by Crippen LogP contribution is 2.22. The number of hydrogen-bond acceptors (Lipinski definition) is 3. The zero-order chi connectivity index (χ0) is 19.6. The smallest absolute Gasteiger partial charge is 0.220 e. The first-order chi connectivity index (χ1) is 13.1. The number of carbonyl (C=O) groups is 1. The van der Waals surface area contributed by atoms with E-state index in [-0.39, 0.29) is 12.0 Å². The molecule has 1 aliphatic heterocycles. The van der Waals surface area contributed by atoms with Crippen molar-refractivity contribution >= 4 is 23.5 Å². The lowest BCUT2D eigenvalue weighted by molar-refractivity contribution is -0.121. The Kier molecular flexibility index (Phi) is 8.88. The zero-order valence-corrected chi connectivity index (χ0v) is 17.3. The molecule has 0 bridgehead atoms. The first-order valence-electron chi connectivity index (χ1n) is 9.59. The van der Waals surface area contributed by atoms with E-state index in [1.165, 1.54) is 0 Å². The van der Waals surface area contributed by atoms with Crippen LogP contribution in [0.3, 0.4) is 0 Å². The van der Waals surface area contributed by atoms with E-state index >= 15 is 0 Å². The van der Waals surface area contributed by atoms with Crippen LogP contribution in [0.25, 0.3) is 0 Å². The van der Waals surface area contributed by atoms with Crippen molar-refractivity contribution in [1.82, 2.24) is 15.5 Å². The van der Waals surface area contributed by atoms with E-state index in [2.05, 4.69) is 22.5 Å². The molecule has 27 heavy (non-hydrogen) atoms. The summed E-state index contributed by atoms with van der Waals surface area (Å²) in [5.74, 6) is 1.47. The van der Waals surface area contributed by atoms with Crippen LogP contribution in [0, 0.1) is 5.92 Å². The number of hydrogen-bond donors (Lipinski definition) is 2. The van der Waals surface area contributed by atoms with Crippen molar-refractivity contribution in [1.29, 1.82) is 0 Å². The molecule has 2 N–H and O–H groups in total. The van der Waals surface area contributed by atoms with Gasteiger partial charge in [0.25, 0.3) is 0 Å². The summed E-state index contributed by atoms with van der Waals surface area (Å²) < 4.78 is 5.62. The Morgan fingerprint density at radius 2 is 2.15 bits per heavy atom. The summed E-state index contributed by atoms with van der Waals surface area (Å²) in [7, 11) is 3.39. The number of likely N-dealkylation sites (tertiary alicyclic amines) is 1. The van der Waals surface area contributed by atoms with Gasteiger partial charge in [-0.2, -0.15) is 0 Å². The molecule has 0 spiro atoms. The van der Waals surface area contributed by atoms with Crippen molar-refractivity contribution in [3.8, 4) is 0 Å². The molecule has 7 heteroatoms. The quantitative estimate of drug-likeness (QED) is 0.551. The molecule has 1 aliphatic rings. The first kappa shape index (κ1) is 21.5. The molecule has 0 aliphatic carbocycles. The van der Waals surface area contributed by atoms with Gasteiger partial charge < -0.3 is 20.3 Å². The number of halogens is 1. The van der Waals surface area contributed by atoms with E-state index in [4.69, 9.17) is 21.3 Å². The summed E-state index contributed by atoms with van der Waals surface area (Å²) >= 11 is 6.10. The predicted molar refractivity (Wildman–Crippen MR) is 110 cm³/mol. The van der Waals surface area contributed by atoms with E-state index in [9.17, 15) is 4.79 Å². The number of carbonyl (C=O) groups excluding carboxylic acids is 1. The molecule has 0 radical (unpaired) electrons. The van der Waals surface area contributed by atoms with E-state index in [1.54, 1.807) is 14.2 Å². The maximum atomic E-state index is 11.6. The fourth-order valence-electron chi connectivity index (χ4n) is 3.33. The second kappa shape index (κ2) is 11.1. The molecular formula is C20H31ClN4O2. The van der Waals surface area contributed by atoms with Crippen LogP contribution in [-0.2, 0) is 9.53 Å². The Hall–Kier alpha value is -1.79. The number of benzene rings is 1. The molecule has 6 nitrogen and oxygen atoms in total. The van der Waals surface area contributed by atoms with Crippen molar-refractivity contribution in [2.45, 2.75) is 32.3 Å². The normalized spacial score (nSPS) is 16.9. The highest BCUT2D eigenvalue weighted by atomic mass is 35.5. The topological polar surface area (TPSA) is 66.0 Å². The first-order valence-corrected chi connectivity index (χ1v) is 9.97. The zero-order valence-electron chi connectivity index (χ0n) is 16.5. The summed E-state index contributed by atoms with van der Waals surface area (Å²) in [5.41, 5.74) is 1.02. The van der Waals surface area contributed by atoms with Gasteiger partial charge in [0.2, 0.25) is 5.91 Å². The van der Waals surface area contributed by atoms with Crippen LogP contribution in [0.5, 0.6) is 0 Å². The maximum absolute atomic E-state index is 11.6. The Balaban J connectivity index is 1.98. The second-order valence-electron chi connectivity index (χ2n) is 6.78. The maximum Gasteiger partial charge on any atom is 0.220 e. The minimum Gasteiger partial charge on any atom is -0.375 e. The number of nitrogens with one attached hydrogen (secondary N) is 2. The van der Waals surface area contributed by atoms with Gasteiger partial charge in [-0.15, -0.1) is 0 Å². The lowest BCUT2D eigenvalue weighted by atomic mass is 9.93. The molecule has 1 aromatic carbocycles. The van der Waals surface area contributed by atoms with E-state index in [1.807, 2.05) is 24.3 Å². The van der Waals surface area contributed by atoms with Crippen LogP contribution in [-0.4, -0.2) is 57.1 Å². The number of rotatable bonds is 7. The summed E-state index contributed by atoms with van der Waals surface area (Å²) in [6.07, 6.45) is 2.47. The van der Waals surface area contributed by atoms with Crippen LogP contribution in [0.15, 0.2) is 29.3 Å². The van der Waals surface area contributed by atoms with Crippen LogP contribution in [0.4, 0.5) is 0 Å². The molecule has 2 rings (SSSR count). The van der Waals surface area contributed by atoms with Gasteiger partial charge in [0.05, 0.1) is 6.54 Å². The van der Waals surface area contributed by atoms with E-state index in [0.717, 1.165) is 44.0 Å². The van der Waals surface area contributed by atoms with Crippen molar-refractivity contribution in [3.05, 3.63) is 34.9 Å². The highest BCUT2D eigenvalue weighted by molar-refractivity contribution is 6.30. The van der Waals surface area contributed by atoms with Crippen molar-refractivity contribution in [3.63, 3.8) is 0 Å². The summed E-state index contributed by atoms with van der Waals surface area (Å²) in [4.78, 5) is 18.7. The Labute approximate surface area is 167 Å². The lowest BCUT2D eigenvalue weighted by Crippen LogP contribution is -2.46. The van der Waals surface area contributed by atoms with Gasteiger partial charge in [-0.25, -0.2) is 0 Å². The second-order valence-corrected chi connectivity index (χ2v) is 7.22. The third-order valence-electron chi connectivity index (χ3n) is 4.91. The number of guanidine groups is 1. The number of amides is 1. The fraction of sp³-hybridized carbons (Fsp3) is 0.600. The molecular weight excluding hydrogens is 364 g/mol. The summed E-state index contributed by atoms with van der Waals surface area (Å²) in [6.45, 7) is 5.21. The molecule has 1 unspecified atom stereocenters. The average molecular weight is 395 g/mol. The molecule has 0 saturated carbocycles. The Morgan fingerprint density at radius 1 is 1.41 bits per heavy atom. The summed E-state index contributed by atoms with van der Waals surface area (Å²) in [6, 6.07) is 7.71. The molecule has 0 aromatic heterocycles. The third-order valence-corrected chi connectivity index (χ3v) is 5.15. The van der Waals surface area contributed by atoms with Gasteiger partial charge in [0, 0.05) is 45.2 Å². The van der Waals surface area contributed by atoms with Crippen LogP contribution >= 0.6 is 11.6 Å². The fourth-order valence-corrected chi connectivity index (χ4v) is 3.53. The number of piperidine rings is 1. The standard InChI is InChI=1S/C20H31ClN4O2/c1-4-23-20(25-10-8-15(9-11-25)12-19(26)22-2)24-14-18(27-3)16-6-5-7-17(21)13-16/h5-7,13,15,18H,4,8-12,14H2,1-3H3,(H,22,26)(H,23,24). The SMILES string of the molecule is CCNC(=NCC(OC)c1cccc(Cl)c1)N1CCC(CC(=O)NC)CC1. The van der Waals surface area contributed by atoms with Crippen molar-refractivity contribution < 1.29 is 9.53 Å². The van der Waals surface area contributed by atoms with Crippen LogP contribution in [0.1, 0.15) is 37.9 Å². The number of ether oxygens (including phenoxy) is 1. The molecule has 150 valence electrons. The largest absolute Gasteiger partial charge is 0.375 e. The lowest BCUT2D eigenvalue weighted by Gasteiger charge is -2.34. The van der Waals surface area contributed by atoms with E-state index in [0.29, 0.717) is 23.9 Å². The average Bonchev–Trinajstić information content (AvgIpc) is 2.68. The van der Waals surface area contributed by atoms with Gasteiger partial charge in [-0.05, 0) is 43.4 Å². The van der Waals surface area contributed by atoms with Gasteiger partial charge in [0.1, 0.15) is 6.10 Å². The predicted octanol–water partition coefficient (Wildman–Crippen LogP) is 2.84. The van der Waals surface area contributed by atoms with Crippen molar-refractivity contribution in [2.24, 2.45) is 10.9 Å². The summed E-state index contributed by atoms with van der Waals surface area (Å²) in [5, 5.41) is 6.79. The number of methoxy groups -OCH3 is 1. The van der Waals surface area contributed by atoms with Crippen molar-refractivity contribution in [2.75, 3.05) is 40.3 Å². The Bertz CT molecular complexity index is 630. The molecule has 1 saturated heterocycles. The monoisotopic (exact) mass is 394 g/mol. The molecule has 1 heterocycles. The van der Waals surface area contributed by atoms with Crippen LogP contribution < -0.4 is 10.6 Å². The minimum atomic E-state index is -0.136. The Morgan fingerprint density at radius 3 is 2.74 bits per heavy atom. The van der Waals surface area contributed by atoms with Crippen LogP contribution in [0.2, 0.25) is 5.02 Å². The number of aliphatic imine (C=N–C) groups is 1. The van der Waals surface area contributed by atoms with Gasteiger partial charge >= 0.3 is 0 Å². The minimum absolute atomic E-state index is 0.124.